The zero-order chi connectivity index (χ0) is 13.0. The summed E-state index contributed by atoms with van der Waals surface area (Å²) < 4.78 is 15.5. The van der Waals surface area contributed by atoms with Crippen LogP contribution in [0.25, 0.3) is 0 Å². The van der Waals surface area contributed by atoms with Gasteiger partial charge in [0.05, 0.1) is 20.1 Å². The van der Waals surface area contributed by atoms with Crippen LogP contribution in [-0.4, -0.2) is 26.3 Å². The molecule has 0 aromatic heterocycles. The minimum absolute atomic E-state index is 0.0501. The van der Waals surface area contributed by atoms with E-state index in [-0.39, 0.29) is 18.5 Å². The normalized spacial score (nSPS) is 16.3. The standard InChI is InChI=1S/C14H14O4/c1-3-6-17-11-4-5-12-10(7-14(15)16-2)9-18-13(12)8-11/h1,4-5,8,10H,6-7,9H2,2H3. The molecular formula is C14H14O4. The number of methoxy groups -OCH3 is 1. The molecule has 4 heteroatoms. The first-order valence-corrected chi connectivity index (χ1v) is 5.64. The molecule has 1 heterocycles. The molecule has 1 aromatic rings. The lowest BCUT2D eigenvalue weighted by Crippen LogP contribution is -2.09. The minimum Gasteiger partial charge on any atom is -0.492 e. The van der Waals surface area contributed by atoms with Crippen LogP contribution in [0.5, 0.6) is 11.5 Å². The third-order valence-corrected chi connectivity index (χ3v) is 2.83. The van der Waals surface area contributed by atoms with Crippen LogP contribution in [0.4, 0.5) is 0 Å². The first-order chi connectivity index (χ1) is 8.74. The molecule has 94 valence electrons. The number of esters is 1. The van der Waals surface area contributed by atoms with Crippen LogP contribution < -0.4 is 9.47 Å². The van der Waals surface area contributed by atoms with E-state index in [0.29, 0.717) is 18.8 Å². The predicted molar refractivity (Wildman–Crippen MR) is 65.6 cm³/mol. The number of carbonyl (C=O) groups is 1. The Balaban J connectivity index is 2.10. The fraction of sp³-hybridized carbons (Fsp3) is 0.357. The van der Waals surface area contributed by atoms with Crippen molar-refractivity contribution in [3.63, 3.8) is 0 Å². The smallest absolute Gasteiger partial charge is 0.306 e. The molecule has 1 aliphatic rings. The molecule has 1 aromatic carbocycles. The number of rotatable bonds is 4. The van der Waals surface area contributed by atoms with Gasteiger partial charge in [0.25, 0.3) is 0 Å². The molecule has 0 spiro atoms. The van der Waals surface area contributed by atoms with E-state index in [1.54, 1.807) is 6.07 Å². The van der Waals surface area contributed by atoms with E-state index in [0.717, 1.165) is 11.3 Å². The summed E-state index contributed by atoms with van der Waals surface area (Å²) in [6.07, 6.45) is 5.45. The minimum atomic E-state index is -0.232. The predicted octanol–water partition coefficient (Wildman–Crippen LogP) is 1.74. The highest BCUT2D eigenvalue weighted by molar-refractivity contribution is 5.71. The van der Waals surface area contributed by atoms with Gasteiger partial charge in [-0.2, -0.15) is 0 Å². The van der Waals surface area contributed by atoms with Gasteiger partial charge in [-0.3, -0.25) is 4.79 Å². The van der Waals surface area contributed by atoms with Gasteiger partial charge in [-0.05, 0) is 6.07 Å². The van der Waals surface area contributed by atoms with Crippen molar-refractivity contribution >= 4 is 5.97 Å². The largest absolute Gasteiger partial charge is 0.492 e. The van der Waals surface area contributed by atoms with Crippen LogP contribution in [0.1, 0.15) is 17.9 Å². The van der Waals surface area contributed by atoms with Gasteiger partial charge in [-0.25, -0.2) is 0 Å². The summed E-state index contributed by atoms with van der Waals surface area (Å²) in [5.74, 6) is 3.64. The first kappa shape index (κ1) is 12.3. The Kier molecular flexibility index (Phi) is 3.73. The van der Waals surface area contributed by atoms with Gasteiger partial charge >= 0.3 is 5.97 Å². The molecule has 0 saturated carbocycles. The lowest BCUT2D eigenvalue weighted by atomic mass is 9.98. The third-order valence-electron chi connectivity index (χ3n) is 2.83. The molecule has 1 unspecified atom stereocenters. The molecule has 0 fully saturated rings. The van der Waals surface area contributed by atoms with Crippen molar-refractivity contribution in [1.29, 1.82) is 0 Å². The Bertz CT molecular complexity index is 487. The summed E-state index contributed by atoms with van der Waals surface area (Å²) in [5.41, 5.74) is 1.01. The van der Waals surface area contributed by atoms with Crippen LogP contribution in [-0.2, 0) is 9.53 Å². The molecule has 0 saturated heterocycles. The highest BCUT2D eigenvalue weighted by Crippen LogP contribution is 2.38. The summed E-state index contributed by atoms with van der Waals surface area (Å²) in [4.78, 5) is 11.3. The highest BCUT2D eigenvalue weighted by Gasteiger charge is 2.27. The van der Waals surface area contributed by atoms with Crippen LogP contribution in [0.15, 0.2) is 18.2 Å². The summed E-state index contributed by atoms with van der Waals surface area (Å²) in [5, 5.41) is 0. The second kappa shape index (κ2) is 5.46. The SMILES string of the molecule is C#CCOc1ccc2c(c1)OCC2CC(=O)OC. The van der Waals surface area contributed by atoms with Crippen molar-refractivity contribution < 1.29 is 19.0 Å². The molecule has 0 aliphatic carbocycles. The number of hydrogen-bond acceptors (Lipinski definition) is 4. The monoisotopic (exact) mass is 246 g/mol. The van der Waals surface area contributed by atoms with Crippen molar-refractivity contribution in [2.24, 2.45) is 0 Å². The third kappa shape index (κ3) is 2.57. The second-order valence-electron chi connectivity index (χ2n) is 3.98. The van der Waals surface area contributed by atoms with Gasteiger partial charge in [0, 0.05) is 17.5 Å². The van der Waals surface area contributed by atoms with Crippen LogP contribution in [0.3, 0.4) is 0 Å². The number of carbonyl (C=O) groups excluding carboxylic acids is 1. The van der Waals surface area contributed by atoms with Gasteiger partial charge in [0.2, 0.25) is 0 Å². The van der Waals surface area contributed by atoms with Gasteiger partial charge in [0.1, 0.15) is 18.1 Å². The molecule has 4 nitrogen and oxygen atoms in total. The zero-order valence-electron chi connectivity index (χ0n) is 10.1. The molecule has 1 aliphatic heterocycles. The van der Waals surface area contributed by atoms with Crippen molar-refractivity contribution in [2.75, 3.05) is 20.3 Å². The van der Waals surface area contributed by atoms with Gasteiger partial charge < -0.3 is 14.2 Å². The molecule has 0 amide bonds. The van der Waals surface area contributed by atoms with E-state index in [1.807, 2.05) is 12.1 Å². The summed E-state index contributed by atoms with van der Waals surface area (Å²) in [6, 6.07) is 5.53. The average Bonchev–Trinajstić information content (AvgIpc) is 2.78. The highest BCUT2D eigenvalue weighted by atomic mass is 16.5. The van der Waals surface area contributed by atoms with E-state index in [9.17, 15) is 4.79 Å². The van der Waals surface area contributed by atoms with E-state index in [2.05, 4.69) is 10.7 Å². The van der Waals surface area contributed by atoms with Crippen LogP contribution in [0.2, 0.25) is 0 Å². The number of benzene rings is 1. The molecule has 18 heavy (non-hydrogen) atoms. The lowest BCUT2D eigenvalue weighted by molar-refractivity contribution is -0.141. The van der Waals surface area contributed by atoms with Gasteiger partial charge in [-0.15, -0.1) is 6.42 Å². The number of hydrogen-bond donors (Lipinski definition) is 0. The second-order valence-corrected chi connectivity index (χ2v) is 3.98. The van der Waals surface area contributed by atoms with Crippen molar-refractivity contribution in [2.45, 2.75) is 12.3 Å². The fourth-order valence-corrected chi connectivity index (χ4v) is 1.93. The maximum atomic E-state index is 11.3. The fourth-order valence-electron chi connectivity index (χ4n) is 1.93. The van der Waals surface area contributed by atoms with Crippen LogP contribution >= 0.6 is 0 Å². The molecule has 0 N–H and O–H groups in total. The first-order valence-electron chi connectivity index (χ1n) is 5.64. The van der Waals surface area contributed by atoms with Crippen molar-refractivity contribution in [1.82, 2.24) is 0 Å². The Morgan fingerprint density at radius 2 is 2.44 bits per heavy atom. The lowest BCUT2D eigenvalue weighted by Gasteiger charge is -2.07. The summed E-state index contributed by atoms with van der Waals surface area (Å²) in [6.45, 7) is 0.716. The molecule has 1 atom stereocenters. The van der Waals surface area contributed by atoms with Crippen molar-refractivity contribution in [3.05, 3.63) is 23.8 Å². The number of ether oxygens (including phenoxy) is 3. The maximum Gasteiger partial charge on any atom is 0.306 e. The Labute approximate surface area is 106 Å². The average molecular weight is 246 g/mol. The zero-order valence-corrected chi connectivity index (χ0v) is 10.1. The van der Waals surface area contributed by atoms with E-state index < -0.39 is 0 Å². The molecule has 0 radical (unpaired) electrons. The topological polar surface area (TPSA) is 44.8 Å². The Morgan fingerprint density at radius 1 is 1.61 bits per heavy atom. The van der Waals surface area contributed by atoms with Crippen LogP contribution in [0, 0.1) is 12.3 Å². The van der Waals surface area contributed by atoms with Gasteiger partial charge in [-0.1, -0.05) is 12.0 Å². The van der Waals surface area contributed by atoms with Crippen molar-refractivity contribution in [3.8, 4) is 23.8 Å². The number of fused-ring (bicyclic) bond motifs is 1. The van der Waals surface area contributed by atoms with E-state index in [4.69, 9.17) is 15.9 Å². The number of terminal acetylenes is 1. The Morgan fingerprint density at radius 3 is 3.17 bits per heavy atom. The van der Waals surface area contributed by atoms with Gasteiger partial charge in [0.15, 0.2) is 0 Å². The van der Waals surface area contributed by atoms with E-state index in [1.165, 1.54) is 7.11 Å². The Hall–Kier alpha value is -2.15. The summed E-state index contributed by atoms with van der Waals surface area (Å²) in [7, 11) is 1.38. The maximum absolute atomic E-state index is 11.3. The molecule has 2 rings (SSSR count). The van der Waals surface area contributed by atoms with E-state index >= 15 is 0 Å². The molecular weight excluding hydrogens is 232 g/mol. The molecule has 0 bridgehead atoms. The quantitative estimate of drug-likeness (QED) is 0.599. The summed E-state index contributed by atoms with van der Waals surface area (Å²) >= 11 is 0.